The molecule has 21 heteroatoms. The van der Waals surface area contributed by atoms with Crippen LogP contribution in [0.15, 0.2) is 127 Å². The maximum atomic E-state index is 11.3. The number of aryl methyl sites for hydroxylation is 2. The largest absolute Gasteiger partial charge is 2.00 e. The van der Waals surface area contributed by atoms with Crippen LogP contribution in [0.2, 0.25) is 0 Å². The van der Waals surface area contributed by atoms with Gasteiger partial charge in [0, 0.05) is 22.9 Å². The Hall–Kier alpha value is -5.17. The number of fused-ring (bicyclic) bond motifs is 2. The quantitative estimate of drug-likeness (QED) is 0.0498. The summed E-state index contributed by atoms with van der Waals surface area (Å²) in [6.07, 6.45) is 0. The fourth-order valence-electron chi connectivity index (χ4n) is 5.02. The van der Waals surface area contributed by atoms with Crippen LogP contribution in [0.3, 0.4) is 0 Å². The van der Waals surface area contributed by atoms with Gasteiger partial charge in [0.15, 0.2) is 11.4 Å². The summed E-state index contributed by atoms with van der Waals surface area (Å²) in [5.41, 5.74) is 1.08. The van der Waals surface area contributed by atoms with Crippen molar-refractivity contribution < 1.29 is 56.4 Å². The fourth-order valence-corrected chi connectivity index (χ4v) is 6.02. The summed E-state index contributed by atoms with van der Waals surface area (Å²) in [6.45, 7) is 3.49. The van der Waals surface area contributed by atoms with E-state index in [1.807, 2.05) is 0 Å². The molecule has 6 aromatic carbocycles. The van der Waals surface area contributed by atoms with Crippen LogP contribution in [0, 0.1) is 23.7 Å². The van der Waals surface area contributed by atoms with Crippen LogP contribution >= 0.6 is 0 Å². The van der Waals surface area contributed by atoms with Crippen molar-refractivity contribution in [2.75, 3.05) is 0 Å². The normalized spacial score (nSPS) is 11.7. The van der Waals surface area contributed by atoms with Gasteiger partial charge in [-0.25, -0.2) is 27.3 Å². The minimum absolute atomic E-state index is 0. The van der Waals surface area contributed by atoms with Gasteiger partial charge in [-0.3, -0.25) is 0 Å². The standard InChI is InChI=1S/2C17H13N3O6S.Ba/c2*1-10-2-6-15(20(22)23)14(8-10)18-19-17-13-9-12(27(24,25)26)5-3-11(13)4-7-16(17)21;/h2*2-9H,1H3,(H2-,18,21,22,23,24,25,26);/q;;+2. The Morgan fingerprint density at radius 1 is 0.527 bits per heavy atom. The minimum atomic E-state index is -4.70. The summed E-state index contributed by atoms with van der Waals surface area (Å²) >= 11 is 0. The summed E-state index contributed by atoms with van der Waals surface area (Å²) in [5.74, 6) is -0.604. The molecule has 6 aromatic rings. The van der Waals surface area contributed by atoms with Gasteiger partial charge in [-0.2, -0.15) is 0 Å². The number of rotatable bonds is 8. The Kier molecular flexibility index (Phi) is 13.2. The van der Waals surface area contributed by atoms with E-state index in [2.05, 4.69) is 20.5 Å². The summed E-state index contributed by atoms with van der Waals surface area (Å²) in [6, 6.07) is 21.9. The van der Waals surface area contributed by atoms with Crippen molar-refractivity contribution in [3.05, 3.63) is 118 Å². The van der Waals surface area contributed by atoms with Gasteiger partial charge >= 0.3 is 60.3 Å². The molecule has 0 saturated heterocycles. The maximum absolute atomic E-state index is 11.3. The number of hydrogen-bond acceptors (Lipinski definition) is 14. The third-order valence-electron chi connectivity index (χ3n) is 7.65. The second kappa shape index (κ2) is 17.1. The van der Waals surface area contributed by atoms with Crippen LogP contribution < -0.4 is 0 Å². The third kappa shape index (κ3) is 10.1. The van der Waals surface area contributed by atoms with E-state index in [9.17, 15) is 56.4 Å². The second-order valence-corrected chi connectivity index (χ2v) is 14.2. The minimum Gasteiger partial charge on any atom is -0.744 e. The predicted molar refractivity (Wildman–Crippen MR) is 194 cm³/mol. The Morgan fingerprint density at radius 3 is 1.20 bits per heavy atom. The summed E-state index contributed by atoms with van der Waals surface area (Å²) in [4.78, 5) is 20.8. The van der Waals surface area contributed by atoms with Crippen molar-refractivity contribution in [1.29, 1.82) is 0 Å². The van der Waals surface area contributed by atoms with E-state index in [0.29, 0.717) is 10.8 Å². The van der Waals surface area contributed by atoms with E-state index in [-0.39, 0.29) is 115 Å². The summed E-state index contributed by atoms with van der Waals surface area (Å²) in [7, 11) is -9.40. The zero-order valence-corrected chi connectivity index (χ0v) is 34.6. The van der Waals surface area contributed by atoms with Crippen molar-refractivity contribution in [2.24, 2.45) is 20.5 Å². The van der Waals surface area contributed by atoms with Gasteiger partial charge in [-0.15, -0.1) is 20.5 Å². The molecule has 55 heavy (non-hydrogen) atoms. The molecule has 0 aliphatic rings. The van der Waals surface area contributed by atoms with Gasteiger partial charge in [0.05, 0.1) is 19.6 Å². The first kappa shape index (κ1) is 42.6. The molecule has 276 valence electrons. The molecule has 0 fully saturated rings. The van der Waals surface area contributed by atoms with E-state index in [4.69, 9.17) is 0 Å². The van der Waals surface area contributed by atoms with Crippen molar-refractivity contribution in [3.63, 3.8) is 0 Å². The first-order valence-electron chi connectivity index (χ1n) is 15.1. The van der Waals surface area contributed by atoms with Gasteiger partial charge in [0.25, 0.3) is 9.85 Å². The maximum Gasteiger partial charge on any atom is 2.00 e. The first-order chi connectivity index (χ1) is 25.3. The van der Waals surface area contributed by atoms with Crippen LogP contribution in [0.5, 0.6) is 11.5 Å². The molecule has 0 atom stereocenters. The third-order valence-corrected chi connectivity index (χ3v) is 9.32. The van der Waals surface area contributed by atoms with Crippen molar-refractivity contribution in [2.45, 2.75) is 23.6 Å². The molecular formula is C34H26BaN6O12S2+2. The first-order valence-corrected chi connectivity index (χ1v) is 18.0. The molecule has 0 aliphatic carbocycles. The molecule has 0 spiro atoms. The van der Waals surface area contributed by atoms with E-state index in [0.717, 1.165) is 35.4 Å². The Morgan fingerprint density at radius 2 is 0.873 bits per heavy atom. The van der Waals surface area contributed by atoms with Crippen molar-refractivity contribution in [1.82, 2.24) is 0 Å². The number of aromatic hydroxyl groups is 2. The summed E-state index contributed by atoms with van der Waals surface area (Å²) < 4.78 is 67.6. The van der Waals surface area contributed by atoms with Gasteiger partial charge < -0.3 is 19.3 Å². The zero-order valence-electron chi connectivity index (χ0n) is 28.5. The van der Waals surface area contributed by atoms with E-state index < -0.39 is 30.0 Å². The topological polar surface area (TPSA) is 285 Å². The van der Waals surface area contributed by atoms with Crippen LogP contribution in [-0.4, -0.2) is 105 Å². The molecule has 0 bridgehead atoms. The zero-order chi connectivity index (χ0) is 39.5. The smallest absolute Gasteiger partial charge is 0.744 e. The molecule has 4 N–H and O–H groups in total. The van der Waals surface area contributed by atoms with Crippen LogP contribution in [0.25, 0.3) is 21.5 Å². The number of benzene rings is 6. The monoisotopic (exact) mass is 912 g/mol. The Bertz CT molecular complexity index is 2610. The van der Waals surface area contributed by atoms with Crippen LogP contribution in [-0.2, 0) is 20.2 Å². The van der Waals surface area contributed by atoms with Gasteiger partial charge in [-0.05, 0) is 84.3 Å². The number of nitrogens with zero attached hydrogens (tertiary/aromatic N) is 6. The number of hydrogen-bond donors (Lipinski definition) is 4. The Balaban J connectivity index is 0.000000240. The van der Waals surface area contributed by atoms with Crippen molar-refractivity contribution in [3.8, 4) is 11.5 Å². The van der Waals surface area contributed by atoms with E-state index in [1.165, 1.54) is 60.7 Å². The molecule has 0 amide bonds. The summed E-state index contributed by atoms with van der Waals surface area (Å²) in [5, 5.41) is 55.6. The molecule has 6 rings (SSSR count). The Labute approximate surface area is 351 Å². The number of phenolic OH excluding ortho intramolecular Hbond substituents is 2. The number of azo groups is 2. The molecule has 0 unspecified atom stereocenters. The molecule has 0 aliphatic heterocycles. The van der Waals surface area contributed by atoms with Gasteiger partial charge in [-0.1, -0.05) is 36.4 Å². The van der Waals surface area contributed by atoms with Gasteiger partial charge in [0.1, 0.15) is 43.1 Å². The second-order valence-electron chi connectivity index (χ2n) is 11.5. The average Bonchev–Trinajstić information content (AvgIpc) is 3.09. The molecule has 0 saturated carbocycles. The van der Waals surface area contributed by atoms with Crippen molar-refractivity contribution >= 4 is 125 Å². The molecular weight excluding hydrogens is 886 g/mol. The van der Waals surface area contributed by atoms with E-state index >= 15 is 0 Å². The fraction of sp³-hybridized carbons (Fsp3) is 0.0588. The molecule has 0 aromatic heterocycles. The molecule has 0 heterocycles. The average molecular weight is 912 g/mol. The molecule has 18 nitrogen and oxygen atoms in total. The van der Waals surface area contributed by atoms with Gasteiger partial charge in [0.2, 0.25) is 0 Å². The predicted octanol–water partition coefficient (Wildman–Crippen LogP) is 7.57. The molecule has 0 radical (unpaired) electrons. The SMILES string of the molecule is Cc1ccc([N+](=O)O)c(N=Nc2c(O)ccc3ccc(S(=O)(=O)[O-])cc23)c1.Cc1ccc([N+](=O)O)c(N=Nc2c(O)ccc3ccc(S(=O)(=O)[O-])cc23)c1.[Ba+2]. The number of phenols is 2. The van der Waals surface area contributed by atoms with E-state index in [1.54, 1.807) is 26.0 Å². The van der Waals surface area contributed by atoms with Crippen LogP contribution in [0.4, 0.5) is 34.1 Å². The van der Waals surface area contributed by atoms with Crippen LogP contribution in [0.1, 0.15) is 11.1 Å².